The Hall–Kier alpha value is -1.93. The van der Waals surface area contributed by atoms with Crippen LogP contribution in [-0.2, 0) is 18.3 Å². The van der Waals surface area contributed by atoms with Crippen molar-refractivity contribution < 1.29 is 9.53 Å². The zero-order valence-electron chi connectivity index (χ0n) is 12.4. The van der Waals surface area contributed by atoms with Crippen LogP contribution in [-0.4, -0.2) is 33.4 Å². The number of nitrogens with zero attached hydrogens (tertiary/aromatic N) is 3. The lowest BCUT2D eigenvalue weighted by Gasteiger charge is -2.31. The molecule has 3 heterocycles. The molecule has 0 aromatic carbocycles. The average Bonchev–Trinajstić information content (AvgIpc) is 3.17. The highest BCUT2D eigenvalue weighted by Crippen LogP contribution is 2.27. The predicted octanol–water partition coefficient (Wildman–Crippen LogP) is 1.60. The molecule has 2 aromatic heterocycles. The fourth-order valence-corrected chi connectivity index (χ4v) is 3.12. The van der Waals surface area contributed by atoms with Crippen LogP contribution in [0.5, 0.6) is 0 Å². The van der Waals surface area contributed by atoms with E-state index in [0.29, 0.717) is 13.2 Å². The van der Waals surface area contributed by atoms with Crippen molar-refractivity contribution in [2.45, 2.75) is 31.5 Å². The predicted molar refractivity (Wildman–Crippen MR) is 82.4 cm³/mol. The third kappa shape index (κ3) is 3.63. The number of nitrogens with one attached hydrogen (secondary N) is 2. The third-order valence-corrected chi connectivity index (χ3v) is 4.24. The largest absolute Gasteiger partial charge is 0.371 e. The molecule has 1 saturated heterocycles. The van der Waals surface area contributed by atoms with Crippen molar-refractivity contribution in [3.63, 3.8) is 0 Å². The Kier molecular flexibility index (Phi) is 4.69. The van der Waals surface area contributed by atoms with Gasteiger partial charge in [0.2, 0.25) is 0 Å². The van der Waals surface area contributed by atoms with Gasteiger partial charge in [0.05, 0.1) is 30.0 Å². The minimum Gasteiger partial charge on any atom is -0.371 e. The molecule has 0 bridgehead atoms. The van der Waals surface area contributed by atoms with E-state index in [2.05, 4.69) is 20.7 Å². The molecule has 1 aliphatic rings. The third-order valence-electron chi connectivity index (χ3n) is 3.61. The van der Waals surface area contributed by atoms with Crippen molar-refractivity contribution in [1.82, 2.24) is 25.4 Å². The number of urea groups is 1. The maximum Gasteiger partial charge on any atom is 0.315 e. The Labute approximate surface area is 132 Å². The molecule has 1 fully saturated rings. The maximum atomic E-state index is 12.1. The van der Waals surface area contributed by atoms with Crippen LogP contribution >= 0.6 is 11.3 Å². The van der Waals surface area contributed by atoms with E-state index in [1.165, 1.54) is 11.3 Å². The summed E-state index contributed by atoms with van der Waals surface area (Å²) in [5, 5.41) is 11.9. The van der Waals surface area contributed by atoms with Crippen LogP contribution in [0.2, 0.25) is 0 Å². The molecule has 7 nitrogen and oxygen atoms in total. The van der Waals surface area contributed by atoms with Gasteiger partial charge in [0.25, 0.3) is 0 Å². The summed E-state index contributed by atoms with van der Waals surface area (Å²) in [7, 11) is 1.87. The SMILES string of the molecule is Cn1cc([C@H]2OCCC[C@@H]2NC(=O)NCc2cscn2)cn1. The Morgan fingerprint density at radius 3 is 3.23 bits per heavy atom. The van der Waals surface area contributed by atoms with Gasteiger partial charge in [-0.2, -0.15) is 5.10 Å². The van der Waals surface area contributed by atoms with Crippen LogP contribution in [0.15, 0.2) is 23.3 Å². The summed E-state index contributed by atoms with van der Waals surface area (Å²) in [6.45, 7) is 1.14. The highest BCUT2D eigenvalue weighted by atomic mass is 32.1. The van der Waals surface area contributed by atoms with E-state index < -0.39 is 0 Å². The topological polar surface area (TPSA) is 81.1 Å². The Morgan fingerprint density at radius 1 is 1.59 bits per heavy atom. The van der Waals surface area contributed by atoms with Crippen LogP contribution in [0.4, 0.5) is 4.79 Å². The summed E-state index contributed by atoms with van der Waals surface area (Å²) in [5.74, 6) is 0. The molecule has 0 aliphatic carbocycles. The Bertz CT molecular complexity index is 613. The van der Waals surface area contributed by atoms with E-state index in [0.717, 1.165) is 24.1 Å². The molecule has 1 aliphatic heterocycles. The number of aromatic nitrogens is 3. The number of hydrogen-bond acceptors (Lipinski definition) is 5. The van der Waals surface area contributed by atoms with E-state index in [4.69, 9.17) is 4.74 Å². The summed E-state index contributed by atoms with van der Waals surface area (Å²) in [6, 6.07) is -0.245. The minimum absolute atomic E-state index is 0.0478. The molecule has 2 amide bonds. The van der Waals surface area contributed by atoms with E-state index in [-0.39, 0.29) is 18.2 Å². The second kappa shape index (κ2) is 6.89. The number of ether oxygens (including phenoxy) is 1. The van der Waals surface area contributed by atoms with Crippen molar-refractivity contribution in [1.29, 1.82) is 0 Å². The molecule has 0 saturated carbocycles. The van der Waals surface area contributed by atoms with Gasteiger partial charge in [-0.3, -0.25) is 4.68 Å². The monoisotopic (exact) mass is 321 g/mol. The first-order valence-corrected chi connectivity index (χ1v) is 8.18. The van der Waals surface area contributed by atoms with E-state index in [9.17, 15) is 4.79 Å². The van der Waals surface area contributed by atoms with Crippen molar-refractivity contribution in [3.8, 4) is 0 Å². The number of thiazole rings is 1. The lowest BCUT2D eigenvalue weighted by molar-refractivity contribution is -0.00747. The molecule has 2 aromatic rings. The van der Waals surface area contributed by atoms with Gasteiger partial charge in [-0.1, -0.05) is 0 Å². The van der Waals surface area contributed by atoms with E-state index >= 15 is 0 Å². The lowest BCUT2D eigenvalue weighted by Crippen LogP contribution is -2.46. The Balaban J connectivity index is 1.57. The summed E-state index contributed by atoms with van der Waals surface area (Å²) >= 11 is 1.51. The zero-order valence-corrected chi connectivity index (χ0v) is 13.2. The number of hydrogen-bond donors (Lipinski definition) is 2. The van der Waals surface area contributed by atoms with Crippen LogP contribution < -0.4 is 10.6 Å². The summed E-state index contributed by atoms with van der Waals surface area (Å²) < 4.78 is 7.58. The maximum absolute atomic E-state index is 12.1. The van der Waals surface area contributed by atoms with Gasteiger partial charge in [0.1, 0.15) is 6.10 Å². The molecule has 0 unspecified atom stereocenters. The fourth-order valence-electron chi connectivity index (χ4n) is 2.56. The first-order valence-electron chi connectivity index (χ1n) is 7.24. The molecule has 3 rings (SSSR count). The highest BCUT2D eigenvalue weighted by molar-refractivity contribution is 7.07. The van der Waals surface area contributed by atoms with Crippen molar-refractivity contribution in [2.75, 3.05) is 6.61 Å². The van der Waals surface area contributed by atoms with Gasteiger partial charge in [-0.25, -0.2) is 9.78 Å². The number of carbonyl (C=O) groups is 1. The van der Waals surface area contributed by atoms with Gasteiger partial charge in [-0.05, 0) is 12.8 Å². The molecule has 2 N–H and O–H groups in total. The van der Waals surface area contributed by atoms with Crippen molar-refractivity contribution in [3.05, 3.63) is 34.5 Å². The number of rotatable bonds is 4. The summed E-state index contributed by atoms with van der Waals surface area (Å²) in [4.78, 5) is 16.2. The number of carbonyl (C=O) groups excluding carboxylic acids is 1. The molecule has 0 radical (unpaired) electrons. The standard InChI is InChI=1S/C14H19N5O2S/c1-19-7-10(5-17-19)13-12(3-2-4-21-13)18-14(20)15-6-11-8-22-9-16-11/h5,7-9,12-13H,2-4,6H2,1H3,(H2,15,18,20)/t12-,13+/m0/s1. The first-order chi connectivity index (χ1) is 10.7. The van der Waals surface area contributed by atoms with Crippen LogP contribution in [0, 0.1) is 0 Å². The molecule has 0 spiro atoms. The lowest BCUT2D eigenvalue weighted by atomic mass is 9.98. The second-order valence-corrected chi connectivity index (χ2v) is 6.01. The van der Waals surface area contributed by atoms with Crippen LogP contribution in [0.25, 0.3) is 0 Å². The molecular formula is C14H19N5O2S. The van der Waals surface area contributed by atoms with Crippen molar-refractivity contribution in [2.24, 2.45) is 7.05 Å². The van der Waals surface area contributed by atoms with E-state index in [1.807, 2.05) is 18.6 Å². The minimum atomic E-state index is -0.197. The normalized spacial score (nSPS) is 21.5. The van der Waals surface area contributed by atoms with Crippen LogP contribution in [0.1, 0.15) is 30.2 Å². The fraction of sp³-hybridized carbons (Fsp3) is 0.500. The highest BCUT2D eigenvalue weighted by Gasteiger charge is 2.29. The van der Waals surface area contributed by atoms with Gasteiger partial charge in [-0.15, -0.1) is 11.3 Å². The van der Waals surface area contributed by atoms with Crippen LogP contribution in [0.3, 0.4) is 0 Å². The first kappa shape index (κ1) is 15.0. The quantitative estimate of drug-likeness (QED) is 0.896. The smallest absolute Gasteiger partial charge is 0.315 e. The molecular weight excluding hydrogens is 302 g/mol. The Morgan fingerprint density at radius 2 is 2.50 bits per heavy atom. The van der Waals surface area contributed by atoms with Gasteiger partial charge in [0.15, 0.2) is 0 Å². The van der Waals surface area contributed by atoms with Gasteiger partial charge < -0.3 is 15.4 Å². The second-order valence-electron chi connectivity index (χ2n) is 5.29. The summed E-state index contributed by atoms with van der Waals surface area (Å²) in [5.41, 5.74) is 3.61. The number of aryl methyl sites for hydroxylation is 1. The van der Waals surface area contributed by atoms with Gasteiger partial charge >= 0.3 is 6.03 Å². The molecule has 2 atom stereocenters. The van der Waals surface area contributed by atoms with Crippen molar-refractivity contribution >= 4 is 17.4 Å². The average molecular weight is 321 g/mol. The molecule has 118 valence electrons. The summed E-state index contributed by atoms with van der Waals surface area (Å²) in [6.07, 6.45) is 5.40. The molecule has 8 heteroatoms. The molecule has 22 heavy (non-hydrogen) atoms. The number of amides is 2. The zero-order chi connectivity index (χ0) is 15.4. The van der Waals surface area contributed by atoms with E-state index in [1.54, 1.807) is 16.4 Å². The van der Waals surface area contributed by atoms with Gasteiger partial charge in [0, 0.05) is 30.8 Å².